The molecule has 0 radical (unpaired) electrons. The van der Waals surface area contributed by atoms with Gasteiger partial charge in [-0.1, -0.05) is 6.92 Å². The van der Waals surface area contributed by atoms with E-state index in [9.17, 15) is 9.59 Å². The van der Waals surface area contributed by atoms with Gasteiger partial charge in [0.2, 0.25) is 5.91 Å². The first-order valence-electron chi connectivity index (χ1n) is 4.86. The summed E-state index contributed by atoms with van der Waals surface area (Å²) in [5.74, 6) is -1.56. The number of nitrogens with two attached hydrogens (primary N) is 1. The first-order valence-corrected chi connectivity index (χ1v) is 5.66. The van der Waals surface area contributed by atoms with Crippen LogP contribution in [0.3, 0.4) is 0 Å². The third-order valence-corrected chi connectivity index (χ3v) is 2.81. The van der Waals surface area contributed by atoms with Crippen LogP contribution in [-0.2, 0) is 4.79 Å². The molecule has 92 valence electrons. The number of hydrogen-bond donors (Lipinski definition) is 2. The molecule has 0 aliphatic carbocycles. The lowest BCUT2D eigenvalue weighted by atomic mass is 10.2. The van der Waals surface area contributed by atoms with Gasteiger partial charge in [0.15, 0.2) is 0 Å². The standard InChI is InChI=1S/C11H12BrNO4/c1-6(10(13)14)5-17-9-4-7(11(15)16)2-3-8(9)12/h2-4,6H,5H2,1H3,(H2,13,14)(H,15,16). The summed E-state index contributed by atoms with van der Waals surface area (Å²) in [5, 5.41) is 8.82. The molecule has 0 aliphatic heterocycles. The van der Waals surface area contributed by atoms with Crippen molar-refractivity contribution in [3.8, 4) is 5.75 Å². The number of ether oxygens (including phenoxy) is 1. The van der Waals surface area contributed by atoms with Gasteiger partial charge >= 0.3 is 5.97 Å². The van der Waals surface area contributed by atoms with Gasteiger partial charge in [0.1, 0.15) is 5.75 Å². The zero-order valence-electron chi connectivity index (χ0n) is 9.14. The minimum atomic E-state index is -1.04. The molecule has 3 N–H and O–H groups in total. The van der Waals surface area contributed by atoms with Crippen molar-refractivity contribution in [3.63, 3.8) is 0 Å². The van der Waals surface area contributed by atoms with E-state index in [1.807, 2.05) is 0 Å². The summed E-state index contributed by atoms with van der Waals surface area (Å²) in [6.45, 7) is 1.74. The molecule has 0 spiro atoms. The molecule has 17 heavy (non-hydrogen) atoms. The second-order valence-corrected chi connectivity index (χ2v) is 4.42. The van der Waals surface area contributed by atoms with Crippen LogP contribution in [0, 0.1) is 5.92 Å². The largest absolute Gasteiger partial charge is 0.492 e. The third-order valence-electron chi connectivity index (χ3n) is 2.15. The van der Waals surface area contributed by atoms with Gasteiger partial charge in [0, 0.05) is 0 Å². The summed E-state index contributed by atoms with van der Waals surface area (Å²) in [5.41, 5.74) is 5.21. The third kappa shape index (κ3) is 3.74. The molecule has 0 fully saturated rings. The smallest absolute Gasteiger partial charge is 0.335 e. The number of carbonyl (C=O) groups is 2. The van der Waals surface area contributed by atoms with Crippen LogP contribution in [0.5, 0.6) is 5.75 Å². The number of hydrogen-bond acceptors (Lipinski definition) is 3. The Hall–Kier alpha value is -1.56. The molecule has 0 aromatic heterocycles. The summed E-state index contributed by atoms with van der Waals surface area (Å²) in [6.07, 6.45) is 0. The van der Waals surface area contributed by atoms with E-state index in [0.29, 0.717) is 10.2 Å². The molecule has 0 heterocycles. The molecule has 5 nitrogen and oxygen atoms in total. The van der Waals surface area contributed by atoms with Gasteiger partial charge < -0.3 is 15.6 Å². The van der Waals surface area contributed by atoms with Gasteiger partial charge in [0.05, 0.1) is 22.6 Å². The first kappa shape index (κ1) is 13.5. The molecular formula is C11H12BrNO4. The van der Waals surface area contributed by atoms with Crippen LogP contribution in [0.2, 0.25) is 0 Å². The predicted octanol–water partition coefficient (Wildman–Crippen LogP) is 1.65. The van der Waals surface area contributed by atoms with E-state index >= 15 is 0 Å². The highest BCUT2D eigenvalue weighted by Gasteiger charge is 2.12. The van der Waals surface area contributed by atoms with E-state index in [-0.39, 0.29) is 12.2 Å². The van der Waals surface area contributed by atoms with Crippen molar-refractivity contribution >= 4 is 27.8 Å². The van der Waals surface area contributed by atoms with Crippen LogP contribution in [0.1, 0.15) is 17.3 Å². The number of benzene rings is 1. The molecule has 1 aromatic carbocycles. The monoisotopic (exact) mass is 301 g/mol. The van der Waals surface area contributed by atoms with E-state index in [1.54, 1.807) is 13.0 Å². The minimum absolute atomic E-state index is 0.108. The SMILES string of the molecule is CC(COc1cc(C(=O)O)ccc1Br)C(N)=O. The lowest BCUT2D eigenvalue weighted by molar-refractivity contribution is -0.122. The van der Waals surface area contributed by atoms with Crippen molar-refractivity contribution in [3.05, 3.63) is 28.2 Å². The Kier molecular flexibility index (Phi) is 4.51. The van der Waals surface area contributed by atoms with Crippen molar-refractivity contribution in [1.82, 2.24) is 0 Å². The number of rotatable bonds is 5. The molecule has 1 aromatic rings. The Bertz CT molecular complexity index is 447. The molecule has 1 atom stereocenters. The molecule has 0 saturated heterocycles. The zero-order valence-corrected chi connectivity index (χ0v) is 10.7. The normalized spacial score (nSPS) is 11.9. The van der Waals surface area contributed by atoms with E-state index in [2.05, 4.69) is 15.9 Å². The maximum atomic E-state index is 10.8. The van der Waals surface area contributed by atoms with Crippen molar-refractivity contribution < 1.29 is 19.4 Å². The maximum absolute atomic E-state index is 10.8. The lowest BCUT2D eigenvalue weighted by Gasteiger charge is -2.11. The number of amides is 1. The summed E-state index contributed by atoms with van der Waals surface area (Å²) >= 11 is 3.23. The summed E-state index contributed by atoms with van der Waals surface area (Å²) in [4.78, 5) is 21.6. The molecule has 0 aliphatic rings. The summed E-state index contributed by atoms with van der Waals surface area (Å²) in [6, 6.07) is 4.42. The van der Waals surface area contributed by atoms with Gasteiger partial charge in [-0.3, -0.25) is 4.79 Å². The van der Waals surface area contributed by atoms with Crippen molar-refractivity contribution in [2.45, 2.75) is 6.92 Å². The van der Waals surface area contributed by atoms with Crippen LogP contribution in [0.25, 0.3) is 0 Å². The lowest BCUT2D eigenvalue weighted by Crippen LogP contribution is -2.25. The fourth-order valence-corrected chi connectivity index (χ4v) is 1.41. The van der Waals surface area contributed by atoms with E-state index < -0.39 is 17.8 Å². The van der Waals surface area contributed by atoms with Crippen molar-refractivity contribution in [2.75, 3.05) is 6.61 Å². The van der Waals surface area contributed by atoms with E-state index in [4.69, 9.17) is 15.6 Å². The van der Waals surface area contributed by atoms with Gasteiger partial charge in [-0.05, 0) is 34.1 Å². The summed E-state index contributed by atoms with van der Waals surface area (Å²) < 4.78 is 5.96. The summed E-state index contributed by atoms with van der Waals surface area (Å²) in [7, 11) is 0. The Morgan fingerprint density at radius 1 is 1.53 bits per heavy atom. The molecule has 1 unspecified atom stereocenters. The van der Waals surface area contributed by atoms with Gasteiger partial charge in [0.25, 0.3) is 0 Å². The van der Waals surface area contributed by atoms with Crippen LogP contribution in [0.4, 0.5) is 0 Å². The van der Waals surface area contributed by atoms with Crippen molar-refractivity contribution in [2.24, 2.45) is 11.7 Å². The highest BCUT2D eigenvalue weighted by molar-refractivity contribution is 9.10. The van der Waals surface area contributed by atoms with Crippen LogP contribution >= 0.6 is 15.9 Å². The van der Waals surface area contributed by atoms with Crippen molar-refractivity contribution in [1.29, 1.82) is 0 Å². The number of primary amides is 1. The Morgan fingerprint density at radius 3 is 2.71 bits per heavy atom. The highest BCUT2D eigenvalue weighted by atomic mass is 79.9. The van der Waals surface area contributed by atoms with Crippen LogP contribution in [-0.4, -0.2) is 23.6 Å². The first-order chi connectivity index (χ1) is 7.91. The quantitative estimate of drug-likeness (QED) is 0.865. The fraction of sp³-hybridized carbons (Fsp3) is 0.273. The number of carboxylic acids is 1. The van der Waals surface area contributed by atoms with Crippen LogP contribution < -0.4 is 10.5 Å². The number of halogens is 1. The highest BCUT2D eigenvalue weighted by Crippen LogP contribution is 2.26. The Morgan fingerprint density at radius 2 is 2.18 bits per heavy atom. The second-order valence-electron chi connectivity index (χ2n) is 3.56. The average Bonchev–Trinajstić information content (AvgIpc) is 2.26. The predicted molar refractivity (Wildman–Crippen MR) is 65.0 cm³/mol. The zero-order chi connectivity index (χ0) is 13.0. The molecule has 1 rings (SSSR count). The fourth-order valence-electron chi connectivity index (χ4n) is 1.04. The topological polar surface area (TPSA) is 89.6 Å². The second kappa shape index (κ2) is 5.67. The van der Waals surface area contributed by atoms with Gasteiger partial charge in [-0.15, -0.1) is 0 Å². The molecule has 0 saturated carbocycles. The average molecular weight is 302 g/mol. The Labute approximate surface area is 107 Å². The number of carbonyl (C=O) groups excluding carboxylic acids is 1. The van der Waals surface area contributed by atoms with E-state index in [0.717, 1.165) is 0 Å². The van der Waals surface area contributed by atoms with Gasteiger partial charge in [-0.25, -0.2) is 4.79 Å². The maximum Gasteiger partial charge on any atom is 0.335 e. The van der Waals surface area contributed by atoms with Gasteiger partial charge in [-0.2, -0.15) is 0 Å². The molecule has 1 amide bonds. The molecular weight excluding hydrogens is 290 g/mol. The number of carboxylic acid groups (broad SMARTS) is 1. The number of aromatic carboxylic acids is 1. The minimum Gasteiger partial charge on any atom is -0.492 e. The van der Waals surface area contributed by atoms with Crippen LogP contribution in [0.15, 0.2) is 22.7 Å². The molecule has 6 heteroatoms. The molecule has 0 bridgehead atoms. The van der Waals surface area contributed by atoms with E-state index in [1.165, 1.54) is 12.1 Å². The Balaban J connectivity index is 2.79.